The smallest absolute Gasteiger partial charge is 0.344 e. The average molecular weight is 416 g/mol. The van der Waals surface area contributed by atoms with E-state index in [1.807, 2.05) is 6.92 Å². The number of ether oxygens (including phenoxy) is 2. The minimum atomic E-state index is -0.775. The lowest BCUT2D eigenvalue weighted by molar-refractivity contribution is -0.150. The third-order valence-corrected chi connectivity index (χ3v) is 4.91. The van der Waals surface area contributed by atoms with Crippen molar-refractivity contribution in [2.75, 3.05) is 13.2 Å². The van der Waals surface area contributed by atoms with Crippen LogP contribution in [0.1, 0.15) is 37.8 Å². The zero-order chi connectivity index (χ0) is 21.7. The van der Waals surface area contributed by atoms with Gasteiger partial charge in [0.2, 0.25) is 0 Å². The molecule has 0 aliphatic heterocycles. The molecule has 1 heterocycles. The number of esters is 1. The second-order valence-corrected chi connectivity index (χ2v) is 7.14. The first kappa shape index (κ1) is 21.4. The van der Waals surface area contributed by atoms with E-state index in [0.717, 1.165) is 35.8 Å². The molecule has 30 heavy (non-hydrogen) atoms. The van der Waals surface area contributed by atoms with Gasteiger partial charge in [-0.2, -0.15) is 0 Å². The van der Waals surface area contributed by atoms with Crippen molar-refractivity contribution in [2.24, 2.45) is 0 Å². The van der Waals surface area contributed by atoms with Crippen molar-refractivity contribution >= 4 is 28.9 Å². The molecule has 1 aromatic heterocycles. The molecule has 0 bridgehead atoms. The van der Waals surface area contributed by atoms with Gasteiger partial charge >= 0.3 is 17.6 Å². The van der Waals surface area contributed by atoms with Crippen molar-refractivity contribution in [3.63, 3.8) is 0 Å². The molecule has 0 saturated heterocycles. The standard InChI is InChI=1S/C21H24N2O7/c1-3-12(2)22-21(27)23-18(24)10-29-19(25)11-28-13-7-8-15-14-5-4-6-16(14)20(26)30-17(15)9-13/h7-9,12H,3-6,10-11H2,1-2H3,(H2,22,23,24,27)/t12-/m0/s1. The summed E-state index contributed by atoms with van der Waals surface area (Å²) in [6.07, 6.45) is 3.21. The first-order chi connectivity index (χ1) is 14.4. The second-order valence-electron chi connectivity index (χ2n) is 7.14. The molecule has 160 valence electrons. The number of fused-ring (bicyclic) bond motifs is 3. The van der Waals surface area contributed by atoms with E-state index >= 15 is 0 Å². The van der Waals surface area contributed by atoms with E-state index in [1.165, 1.54) is 0 Å². The summed E-state index contributed by atoms with van der Waals surface area (Å²) < 4.78 is 15.5. The number of urea groups is 1. The molecular formula is C21H24N2O7. The number of benzene rings is 1. The van der Waals surface area contributed by atoms with Gasteiger partial charge in [0, 0.05) is 23.1 Å². The van der Waals surface area contributed by atoms with Gasteiger partial charge in [0.05, 0.1) is 0 Å². The number of imide groups is 1. The van der Waals surface area contributed by atoms with E-state index < -0.39 is 31.1 Å². The maximum Gasteiger partial charge on any atom is 0.344 e. The summed E-state index contributed by atoms with van der Waals surface area (Å²) in [4.78, 5) is 47.0. The Kier molecular flexibility index (Phi) is 6.71. The molecule has 0 saturated carbocycles. The maximum absolute atomic E-state index is 12.1. The molecular weight excluding hydrogens is 392 g/mol. The molecule has 1 aliphatic rings. The van der Waals surface area contributed by atoms with Crippen molar-refractivity contribution < 1.29 is 28.3 Å². The molecule has 2 N–H and O–H groups in total. The summed E-state index contributed by atoms with van der Waals surface area (Å²) in [6.45, 7) is 2.65. The van der Waals surface area contributed by atoms with Crippen molar-refractivity contribution in [3.05, 3.63) is 39.7 Å². The van der Waals surface area contributed by atoms with E-state index in [2.05, 4.69) is 10.6 Å². The van der Waals surface area contributed by atoms with Crippen LogP contribution in [0.15, 0.2) is 27.4 Å². The Balaban J connectivity index is 1.49. The van der Waals surface area contributed by atoms with Crippen molar-refractivity contribution in [1.29, 1.82) is 0 Å². The highest BCUT2D eigenvalue weighted by Gasteiger charge is 2.20. The highest BCUT2D eigenvalue weighted by atomic mass is 16.6. The third-order valence-electron chi connectivity index (χ3n) is 4.91. The first-order valence-electron chi connectivity index (χ1n) is 9.84. The molecule has 1 atom stereocenters. The van der Waals surface area contributed by atoms with Crippen molar-refractivity contribution in [3.8, 4) is 5.75 Å². The molecule has 0 fully saturated rings. The summed E-state index contributed by atoms with van der Waals surface area (Å²) in [5.74, 6) is -1.19. The largest absolute Gasteiger partial charge is 0.482 e. The molecule has 3 rings (SSSR count). The van der Waals surface area contributed by atoms with Gasteiger partial charge in [0.1, 0.15) is 11.3 Å². The molecule has 9 nitrogen and oxygen atoms in total. The monoisotopic (exact) mass is 416 g/mol. The van der Waals surface area contributed by atoms with Gasteiger partial charge in [-0.1, -0.05) is 6.92 Å². The van der Waals surface area contributed by atoms with Gasteiger partial charge in [-0.3, -0.25) is 10.1 Å². The minimum Gasteiger partial charge on any atom is -0.482 e. The van der Waals surface area contributed by atoms with Gasteiger partial charge < -0.3 is 19.2 Å². The number of carbonyl (C=O) groups excluding carboxylic acids is 3. The lowest BCUT2D eigenvalue weighted by Gasteiger charge is -2.12. The Hall–Kier alpha value is -3.36. The predicted molar refractivity (Wildman–Crippen MR) is 107 cm³/mol. The van der Waals surface area contributed by atoms with Gasteiger partial charge in [0.25, 0.3) is 5.91 Å². The number of nitrogens with one attached hydrogen (secondary N) is 2. The van der Waals surface area contributed by atoms with Gasteiger partial charge in [-0.15, -0.1) is 0 Å². The van der Waals surface area contributed by atoms with Gasteiger partial charge in [0.15, 0.2) is 13.2 Å². The van der Waals surface area contributed by atoms with Crippen LogP contribution in [0.25, 0.3) is 11.0 Å². The summed E-state index contributed by atoms with van der Waals surface area (Å²) in [5, 5.41) is 5.50. The fourth-order valence-corrected chi connectivity index (χ4v) is 3.21. The second kappa shape index (κ2) is 9.43. The summed E-state index contributed by atoms with van der Waals surface area (Å²) in [6, 6.07) is 4.30. The number of hydrogen-bond acceptors (Lipinski definition) is 7. The van der Waals surface area contributed by atoms with Gasteiger partial charge in [-0.25, -0.2) is 14.4 Å². The fourth-order valence-electron chi connectivity index (χ4n) is 3.21. The topological polar surface area (TPSA) is 124 Å². The Morgan fingerprint density at radius 2 is 1.93 bits per heavy atom. The number of amides is 3. The molecule has 0 radical (unpaired) electrons. The van der Waals surface area contributed by atoms with Crippen LogP contribution in [-0.2, 0) is 27.2 Å². The number of rotatable bonds is 7. The van der Waals surface area contributed by atoms with Crippen LogP contribution in [0.2, 0.25) is 0 Å². The first-order valence-corrected chi connectivity index (χ1v) is 9.84. The van der Waals surface area contributed by atoms with Crippen LogP contribution < -0.4 is 21.0 Å². The Labute approximate surface area is 172 Å². The van der Waals surface area contributed by atoms with Crippen LogP contribution in [-0.4, -0.2) is 37.2 Å². The highest BCUT2D eigenvalue weighted by molar-refractivity contribution is 5.95. The number of aryl methyl sites for hydroxylation is 1. The Morgan fingerprint density at radius 3 is 2.70 bits per heavy atom. The number of carbonyl (C=O) groups is 3. The third kappa shape index (κ3) is 5.16. The molecule has 9 heteroatoms. The summed E-state index contributed by atoms with van der Waals surface area (Å²) in [7, 11) is 0. The quantitative estimate of drug-likeness (QED) is 0.521. The van der Waals surface area contributed by atoms with Crippen LogP contribution >= 0.6 is 0 Å². The summed E-state index contributed by atoms with van der Waals surface area (Å²) >= 11 is 0. The lowest BCUT2D eigenvalue weighted by Crippen LogP contribution is -2.44. The maximum atomic E-state index is 12.1. The lowest BCUT2D eigenvalue weighted by atomic mass is 10.1. The fraction of sp³-hybridized carbons (Fsp3) is 0.429. The summed E-state index contributed by atoms with van der Waals surface area (Å²) in [5.41, 5.74) is 1.81. The molecule has 0 spiro atoms. The average Bonchev–Trinajstić information content (AvgIpc) is 3.21. The van der Waals surface area contributed by atoms with Crippen molar-refractivity contribution in [2.45, 2.75) is 45.6 Å². The van der Waals surface area contributed by atoms with Crippen LogP contribution in [0.3, 0.4) is 0 Å². The predicted octanol–water partition coefficient (Wildman–Crippen LogP) is 1.83. The molecule has 1 aliphatic carbocycles. The Bertz CT molecular complexity index is 1030. The van der Waals surface area contributed by atoms with Crippen molar-refractivity contribution in [1.82, 2.24) is 10.6 Å². The molecule has 3 amide bonds. The van der Waals surface area contributed by atoms with Crippen LogP contribution in [0.5, 0.6) is 5.75 Å². The van der Waals surface area contributed by atoms with E-state index in [1.54, 1.807) is 25.1 Å². The molecule has 0 unspecified atom stereocenters. The SMILES string of the molecule is CC[C@H](C)NC(=O)NC(=O)COC(=O)COc1ccc2c3c(c(=O)oc2c1)CCC3. The molecule has 2 aromatic rings. The highest BCUT2D eigenvalue weighted by Crippen LogP contribution is 2.29. The minimum absolute atomic E-state index is 0.0822. The zero-order valence-electron chi connectivity index (χ0n) is 16.9. The van der Waals surface area contributed by atoms with E-state index in [9.17, 15) is 19.2 Å². The van der Waals surface area contributed by atoms with Crippen LogP contribution in [0.4, 0.5) is 4.79 Å². The number of hydrogen-bond donors (Lipinski definition) is 2. The normalized spacial score (nSPS) is 13.4. The van der Waals surface area contributed by atoms with E-state index in [-0.39, 0.29) is 11.7 Å². The van der Waals surface area contributed by atoms with E-state index in [4.69, 9.17) is 13.9 Å². The Morgan fingerprint density at radius 1 is 1.17 bits per heavy atom. The van der Waals surface area contributed by atoms with E-state index in [0.29, 0.717) is 17.8 Å². The zero-order valence-corrected chi connectivity index (χ0v) is 16.9. The van der Waals surface area contributed by atoms with Crippen LogP contribution in [0, 0.1) is 0 Å². The van der Waals surface area contributed by atoms with Gasteiger partial charge in [-0.05, 0) is 50.3 Å². The molecule has 1 aromatic carbocycles.